The van der Waals surface area contributed by atoms with Gasteiger partial charge in [-0.15, -0.1) is 0 Å². The first-order chi connectivity index (χ1) is 11.9. The molecule has 1 aliphatic heterocycles. The first kappa shape index (κ1) is 15.7. The number of anilines is 1. The van der Waals surface area contributed by atoms with E-state index in [0.717, 1.165) is 40.7 Å². The summed E-state index contributed by atoms with van der Waals surface area (Å²) in [5.41, 5.74) is 2.58. The Kier molecular flexibility index (Phi) is 3.39. The summed E-state index contributed by atoms with van der Waals surface area (Å²) < 4.78 is 0. The van der Waals surface area contributed by atoms with Crippen LogP contribution in [-0.4, -0.2) is 25.8 Å². The topological polar surface area (TPSA) is 74.8 Å². The third kappa shape index (κ3) is 2.40. The fraction of sp³-hybridized carbons (Fsp3) is 0.368. The number of allylic oxidation sites excluding steroid dienone is 4. The molecule has 0 radical (unpaired) electrons. The van der Waals surface area contributed by atoms with Gasteiger partial charge in [0.2, 0.25) is 5.91 Å². The second kappa shape index (κ2) is 5.37. The number of carbonyl (C=O) groups excluding carboxylic acids is 1. The van der Waals surface area contributed by atoms with Gasteiger partial charge in [-0.2, -0.15) is 0 Å². The molecule has 6 nitrogen and oxygen atoms in total. The van der Waals surface area contributed by atoms with E-state index in [0.29, 0.717) is 0 Å². The smallest absolute Gasteiger partial charge is 0.238 e. The molecule has 2 aromatic heterocycles. The maximum atomic E-state index is 13.1. The van der Waals surface area contributed by atoms with Gasteiger partial charge >= 0.3 is 0 Å². The highest BCUT2D eigenvalue weighted by Gasteiger charge is 2.51. The van der Waals surface area contributed by atoms with Gasteiger partial charge in [0, 0.05) is 29.6 Å². The molecule has 1 aliphatic carbocycles. The molecule has 1 fully saturated rings. The molecule has 25 heavy (non-hydrogen) atoms. The SMILES string of the molecule is Cc1ncc(C2=CCC3C(=C2)N(c2cnc(C)[nH]2)C(=O)C3(C)C)cn1. The van der Waals surface area contributed by atoms with Crippen LogP contribution in [0.1, 0.15) is 37.5 Å². The van der Waals surface area contributed by atoms with Crippen LogP contribution in [0.2, 0.25) is 0 Å². The highest BCUT2D eigenvalue weighted by molar-refractivity contribution is 6.04. The van der Waals surface area contributed by atoms with Gasteiger partial charge in [-0.05, 0) is 31.9 Å². The summed E-state index contributed by atoms with van der Waals surface area (Å²) in [7, 11) is 0. The number of rotatable bonds is 2. The van der Waals surface area contributed by atoms with Crippen molar-refractivity contribution < 1.29 is 4.79 Å². The Morgan fingerprint density at radius 1 is 1.16 bits per heavy atom. The van der Waals surface area contributed by atoms with E-state index in [4.69, 9.17) is 0 Å². The van der Waals surface area contributed by atoms with E-state index in [9.17, 15) is 4.79 Å². The van der Waals surface area contributed by atoms with Crippen LogP contribution in [0.4, 0.5) is 5.82 Å². The summed E-state index contributed by atoms with van der Waals surface area (Å²) >= 11 is 0. The number of carbonyl (C=O) groups is 1. The second-order valence-corrected chi connectivity index (χ2v) is 7.25. The van der Waals surface area contributed by atoms with Crippen molar-refractivity contribution in [2.45, 2.75) is 34.1 Å². The van der Waals surface area contributed by atoms with Crippen LogP contribution in [0.3, 0.4) is 0 Å². The third-order valence-corrected chi connectivity index (χ3v) is 5.16. The van der Waals surface area contributed by atoms with Crippen LogP contribution in [-0.2, 0) is 4.79 Å². The van der Waals surface area contributed by atoms with Crippen molar-refractivity contribution in [3.8, 4) is 0 Å². The van der Waals surface area contributed by atoms with Gasteiger partial charge in [-0.1, -0.05) is 19.9 Å². The average molecular weight is 335 g/mol. The van der Waals surface area contributed by atoms with E-state index < -0.39 is 5.41 Å². The van der Waals surface area contributed by atoms with E-state index in [1.54, 1.807) is 11.1 Å². The Bertz CT molecular complexity index is 904. The molecule has 128 valence electrons. The van der Waals surface area contributed by atoms with Gasteiger partial charge in [-0.3, -0.25) is 9.69 Å². The molecule has 1 amide bonds. The summed E-state index contributed by atoms with van der Waals surface area (Å²) in [6.07, 6.45) is 10.5. The van der Waals surface area contributed by atoms with Crippen molar-refractivity contribution in [3.63, 3.8) is 0 Å². The Morgan fingerprint density at radius 2 is 1.88 bits per heavy atom. The first-order valence-corrected chi connectivity index (χ1v) is 8.45. The van der Waals surface area contributed by atoms with Crippen LogP contribution >= 0.6 is 0 Å². The summed E-state index contributed by atoms with van der Waals surface area (Å²) in [4.78, 5) is 30.9. The number of nitrogens with one attached hydrogen (secondary N) is 1. The predicted molar refractivity (Wildman–Crippen MR) is 95.5 cm³/mol. The first-order valence-electron chi connectivity index (χ1n) is 8.45. The van der Waals surface area contributed by atoms with E-state index >= 15 is 0 Å². The van der Waals surface area contributed by atoms with Gasteiger partial charge in [0.25, 0.3) is 0 Å². The molecule has 1 atom stereocenters. The van der Waals surface area contributed by atoms with E-state index in [1.807, 2.05) is 40.1 Å². The van der Waals surface area contributed by atoms with Gasteiger partial charge in [0.15, 0.2) is 0 Å². The highest BCUT2D eigenvalue weighted by Crippen LogP contribution is 2.50. The number of imidazole rings is 1. The molecule has 3 heterocycles. The lowest BCUT2D eigenvalue weighted by molar-refractivity contribution is -0.125. The van der Waals surface area contributed by atoms with Gasteiger partial charge in [0.1, 0.15) is 17.5 Å². The zero-order valence-corrected chi connectivity index (χ0v) is 14.9. The molecule has 4 rings (SSSR count). The van der Waals surface area contributed by atoms with Crippen molar-refractivity contribution >= 4 is 17.3 Å². The minimum atomic E-state index is -0.448. The molecule has 2 aromatic rings. The molecule has 2 aliphatic rings. The van der Waals surface area contributed by atoms with E-state index in [1.165, 1.54) is 0 Å². The van der Waals surface area contributed by atoms with Crippen molar-refractivity contribution in [2.24, 2.45) is 11.3 Å². The third-order valence-electron chi connectivity index (χ3n) is 5.16. The normalized spacial score (nSPS) is 21.8. The second-order valence-electron chi connectivity index (χ2n) is 7.25. The number of amides is 1. The number of hydrogen-bond donors (Lipinski definition) is 1. The fourth-order valence-corrected chi connectivity index (χ4v) is 3.64. The van der Waals surface area contributed by atoms with Crippen molar-refractivity contribution in [1.82, 2.24) is 19.9 Å². The highest BCUT2D eigenvalue weighted by atomic mass is 16.2. The zero-order chi connectivity index (χ0) is 17.8. The molecule has 6 heteroatoms. The molecule has 1 saturated heterocycles. The summed E-state index contributed by atoms with van der Waals surface area (Å²) in [6, 6.07) is 0. The maximum Gasteiger partial charge on any atom is 0.238 e. The molecule has 0 spiro atoms. The van der Waals surface area contributed by atoms with Crippen molar-refractivity contribution in [3.05, 3.63) is 53.7 Å². The summed E-state index contributed by atoms with van der Waals surface area (Å²) in [5.74, 6) is 2.52. The predicted octanol–water partition coefficient (Wildman–Crippen LogP) is 3.18. The zero-order valence-electron chi connectivity index (χ0n) is 14.9. The minimum Gasteiger partial charge on any atom is -0.328 e. The van der Waals surface area contributed by atoms with Gasteiger partial charge < -0.3 is 4.98 Å². The number of H-pyrrole nitrogens is 1. The Morgan fingerprint density at radius 3 is 2.52 bits per heavy atom. The van der Waals surface area contributed by atoms with E-state index in [-0.39, 0.29) is 11.8 Å². The molecule has 0 saturated carbocycles. The molecule has 1 N–H and O–H groups in total. The van der Waals surface area contributed by atoms with Crippen molar-refractivity contribution in [2.75, 3.05) is 4.90 Å². The van der Waals surface area contributed by atoms with Crippen molar-refractivity contribution in [1.29, 1.82) is 0 Å². The Hall–Kier alpha value is -2.76. The number of aryl methyl sites for hydroxylation is 2. The minimum absolute atomic E-state index is 0.0993. The average Bonchev–Trinajstić information content (AvgIpc) is 3.08. The van der Waals surface area contributed by atoms with Crippen LogP contribution < -0.4 is 4.90 Å². The van der Waals surface area contributed by atoms with Crippen LogP contribution in [0, 0.1) is 25.2 Å². The number of aromatic nitrogens is 4. The Labute approximate surface area is 146 Å². The molecule has 0 aromatic carbocycles. The van der Waals surface area contributed by atoms with Crippen LogP contribution in [0.15, 0.2) is 36.4 Å². The standard InChI is InChI=1S/C19H21N5O/c1-11-20-8-14(9-21-11)13-5-6-15-16(7-13)24(18(25)19(15,3)4)17-10-22-12(2)23-17/h5,7-10,15H,6H2,1-4H3,(H,22,23). The van der Waals surface area contributed by atoms with Crippen LogP contribution in [0.5, 0.6) is 0 Å². The monoisotopic (exact) mass is 335 g/mol. The summed E-state index contributed by atoms with van der Waals surface area (Å²) in [5, 5.41) is 0. The lowest BCUT2D eigenvalue weighted by Crippen LogP contribution is -2.31. The fourth-order valence-electron chi connectivity index (χ4n) is 3.64. The maximum absolute atomic E-state index is 13.1. The number of aromatic amines is 1. The molecule has 0 bridgehead atoms. The van der Waals surface area contributed by atoms with E-state index in [2.05, 4.69) is 32.1 Å². The van der Waals surface area contributed by atoms with Crippen LogP contribution in [0.25, 0.3) is 5.57 Å². The molecular weight excluding hydrogens is 314 g/mol. The lowest BCUT2D eigenvalue weighted by atomic mass is 9.75. The largest absolute Gasteiger partial charge is 0.328 e. The summed E-state index contributed by atoms with van der Waals surface area (Å²) in [6.45, 7) is 7.79. The lowest BCUT2D eigenvalue weighted by Gasteiger charge is -2.25. The molecule has 1 unspecified atom stereocenters. The number of nitrogens with zero attached hydrogens (tertiary/aromatic N) is 4. The van der Waals surface area contributed by atoms with Gasteiger partial charge in [-0.25, -0.2) is 15.0 Å². The number of hydrogen-bond acceptors (Lipinski definition) is 4. The number of fused-ring (bicyclic) bond motifs is 1. The van der Waals surface area contributed by atoms with Gasteiger partial charge in [0.05, 0.1) is 11.6 Å². The molecular formula is C19H21N5O. The Balaban J connectivity index is 1.79. The quantitative estimate of drug-likeness (QED) is 0.914.